The van der Waals surface area contributed by atoms with Crippen LogP contribution < -0.4 is 0 Å². The van der Waals surface area contributed by atoms with Crippen LogP contribution in [0, 0.1) is 0 Å². The molecule has 4 heteroatoms. The number of hydrogen-bond donors (Lipinski definition) is 0. The lowest BCUT2D eigenvalue weighted by molar-refractivity contribution is 0.599. The van der Waals surface area contributed by atoms with Crippen LogP contribution in [0.25, 0.3) is 0 Å². The molecule has 2 rings (SSSR count). The average molecular weight is 283 g/mol. The van der Waals surface area contributed by atoms with Gasteiger partial charge in [0.1, 0.15) is 0 Å². The van der Waals surface area contributed by atoms with Crippen molar-refractivity contribution in [1.29, 1.82) is 0 Å². The van der Waals surface area contributed by atoms with Gasteiger partial charge in [-0.3, -0.25) is 0 Å². The van der Waals surface area contributed by atoms with E-state index in [1.165, 1.54) is 0 Å². The highest BCUT2D eigenvalue weighted by Crippen LogP contribution is 2.24. The van der Waals surface area contributed by atoms with Gasteiger partial charge in [-0.05, 0) is 47.6 Å². The molecule has 1 unspecified atom stereocenters. The fourth-order valence-corrected chi connectivity index (χ4v) is 3.72. The van der Waals surface area contributed by atoms with Crippen LogP contribution in [-0.2, 0) is 11.2 Å². The Morgan fingerprint density at radius 1 is 1.00 bits per heavy atom. The fourth-order valence-electron chi connectivity index (χ4n) is 1.29. The fraction of sp³-hybridized carbons (Fsp3) is 0.0769. The minimum absolute atomic E-state index is 0.561. The van der Waals surface area contributed by atoms with E-state index in [4.69, 9.17) is 11.6 Å². The van der Waals surface area contributed by atoms with Crippen molar-refractivity contribution < 1.29 is 4.55 Å². The van der Waals surface area contributed by atoms with Crippen molar-refractivity contribution in [3.05, 3.63) is 59.6 Å². The first-order valence-electron chi connectivity index (χ1n) is 5.07. The lowest BCUT2D eigenvalue weighted by atomic mass is 10.4. The molecule has 88 valence electrons. The van der Waals surface area contributed by atoms with Gasteiger partial charge in [0, 0.05) is 9.92 Å². The Morgan fingerprint density at radius 2 is 1.65 bits per heavy atom. The monoisotopic (exact) mass is 282 g/mol. The van der Waals surface area contributed by atoms with Crippen molar-refractivity contribution in [2.75, 3.05) is 5.08 Å². The molecule has 0 aliphatic rings. The highest BCUT2D eigenvalue weighted by Gasteiger charge is 2.10. The maximum absolute atomic E-state index is 11.9. The highest BCUT2D eigenvalue weighted by atomic mass is 35.5. The highest BCUT2D eigenvalue weighted by molar-refractivity contribution is 8.12. The maximum atomic E-state index is 11.9. The summed E-state index contributed by atoms with van der Waals surface area (Å²) in [6, 6.07) is 17.1. The molecule has 0 aromatic heterocycles. The van der Waals surface area contributed by atoms with Crippen molar-refractivity contribution >= 4 is 34.5 Å². The molecule has 17 heavy (non-hydrogen) atoms. The lowest BCUT2D eigenvalue weighted by Gasteiger charge is -2.09. The molecule has 0 amide bonds. The van der Waals surface area contributed by atoms with E-state index >= 15 is 0 Å². The molecule has 1 nitrogen and oxygen atoms in total. The van der Waals surface area contributed by atoms with E-state index in [0.717, 1.165) is 14.8 Å². The molecule has 0 saturated carbocycles. The van der Waals surface area contributed by atoms with E-state index in [-0.39, 0.29) is 0 Å². The predicted molar refractivity (Wildman–Crippen MR) is 75.0 cm³/mol. The summed E-state index contributed by atoms with van der Waals surface area (Å²) in [4.78, 5) is 1.95. The molecule has 0 spiro atoms. The molecule has 1 atom stereocenters. The Kier molecular flexibility index (Phi) is 4.80. The normalized spacial score (nSPS) is 12.4. The average Bonchev–Trinajstić information content (AvgIpc) is 2.39. The smallest absolute Gasteiger partial charge is 0.160 e. The summed E-state index contributed by atoms with van der Waals surface area (Å²) in [5.74, 6) is 0. The summed E-state index contributed by atoms with van der Waals surface area (Å²) in [6.07, 6.45) is 0. The molecule has 0 aliphatic heterocycles. The number of hydrogen-bond acceptors (Lipinski definition) is 2. The molecule has 0 saturated heterocycles. The third kappa shape index (κ3) is 3.96. The minimum Gasteiger partial charge on any atom is -0.611 e. The molecule has 0 fully saturated rings. The molecular formula is C13H11ClOS2. The van der Waals surface area contributed by atoms with Gasteiger partial charge in [-0.1, -0.05) is 41.6 Å². The van der Waals surface area contributed by atoms with Gasteiger partial charge in [-0.2, -0.15) is 0 Å². The van der Waals surface area contributed by atoms with Gasteiger partial charge in [0.2, 0.25) is 0 Å². The molecule has 2 aromatic rings. The van der Waals surface area contributed by atoms with Gasteiger partial charge in [0.05, 0.1) is 0 Å². The topological polar surface area (TPSA) is 23.1 Å². The molecule has 0 heterocycles. The second-order valence-corrected chi connectivity index (χ2v) is 6.68. The Morgan fingerprint density at radius 3 is 2.29 bits per heavy atom. The van der Waals surface area contributed by atoms with E-state index in [0.29, 0.717) is 5.08 Å². The molecule has 0 N–H and O–H groups in total. The Hall–Kier alpha value is -0.610. The standard InChI is InChI=1S/C13H11ClOS2/c14-11-6-8-12(9-7-11)16-10-17(15)13-4-2-1-3-5-13/h1-9H,10H2. The summed E-state index contributed by atoms with van der Waals surface area (Å²) in [6.45, 7) is 0. The summed E-state index contributed by atoms with van der Waals surface area (Å²) in [5, 5.41) is 1.28. The second-order valence-electron chi connectivity index (χ2n) is 3.37. The number of benzene rings is 2. The van der Waals surface area contributed by atoms with E-state index in [9.17, 15) is 4.55 Å². The van der Waals surface area contributed by atoms with Crippen LogP contribution in [0.5, 0.6) is 0 Å². The van der Waals surface area contributed by atoms with Gasteiger partial charge in [-0.25, -0.2) is 0 Å². The van der Waals surface area contributed by atoms with Crippen LogP contribution in [0.3, 0.4) is 0 Å². The van der Waals surface area contributed by atoms with Crippen LogP contribution >= 0.6 is 23.4 Å². The zero-order valence-corrected chi connectivity index (χ0v) is 11.4. The second kappa shape index (κ2) is 6.36. The van der Waals surface area contributed by atoms with Crippen LogP contribution in [-0.4, -0.2) is 9.64 Å². The van der Waals surface area contributed by atoms with Crippen LogP contribution in [0.4, 0.5) is 0 Å². The molecule has 0 bridgehead atoms. The van der Waals surface area contributed by atoms with Gasteiger partial charge in [-0.15, -0.1) is 0 Å². The molecule has 2 aromatic carbocycles. The van der Waals surface area contributed by atoms with Gasteiger partial charge >= 0.3 is 0 Å². The van der Waals surface area contributed by atoms with Crippen molar-refractivity contribution in [3.8, 4) is 0 Å². The number of thioether (sulfide) groups is 1. The first kappa shape index (κ1) is 12.8. The van der Waals surface area contributed by atoms with Gasteiger partial charge in [0.25, 0.3) is 0 Å². The first-order chi connectivity index (χ1) is 8.25. The summed E-state index contributed by atoms with van der Waals surface area (Å²) in [5.41, 5.74) is 0. The summed E-state index contributed by atoms with van der Waals surface area (Å²) >= 11 is 6.42. The zero-order chi connectivity index (χ0) is 12.1. The van der Waals surface area contributed by atoms with E-state index in [1.54, 1.807) is 11.8 Å². The Labute approximate surface area is 113 Å². The quantitative estimate of drug-likeness (QED) is 0.620. The predicted octanol–water partition coefficient (Wildman–Crippen LogP) is 4.20. The van der Waals surface area contributed by atoms with Crippen LogP contribution in [0.2, 0.25) is 5.02 Å². The maximum Gasteiger partial charge on any atom is 0.160 e. The van der Waals surface area contributed by atoms with E-state index in [2.05, 4.69) is 0 Å². The SMILES string of the molecule is [O-][S+](CSc1ccc(Cl)cc1)c1ccccc1. The molecule has 0 radical (unpaired) electrons. The van der Waals surface area contributed by atoms with Crippen LogP contribution in [0.1, 0.15) is 0 Å². The molecular weight excluding hydrogens is 272 g/mol. The van der Waals surface area contributed by atoms with Crippen molar-refractivity contribution in [1.82, 2.24) is 0 Å². The lowest BCUT2D eigenvalue weighted by Crippen LogP contribution is -2.03. The van der Waals surface area contributed by atoms with Crippen molar-refractivity contribution in [2.45, 2.75) is 9.79 Å². The number of halogens is 1. The van der Waals surface area contributed by atoms with Crippen molar-refractivity contribution in [3.63, 3.8) is 0 Å². The van der Waals surface area contributed by atoms with Crippen LogP contribution in [0.15, 0.2) is 64.4 Å². The summed E-state index contributed by atoms with van der Waals surface area (Å²) < 4.78 is 11.9. The zero-order valence-electron chi connectivity index (χ0n) is 9.01. The Balaban J connectivity index is 1.92. The summed E-state index contributed by atoms with van der Waals surface area (Å²) in [7, 11) is 0. The minimum atomic E-state index is -0.959. The number of rotatable bonds is 4. The third-order valence-electron chi connectivity index (χ3n) is 2.15. The van der Waals surface area contributed by atoms with E-state index < -0.39 is 11.2 Å². The van der Waals surface area contributed by atoms with Gasteiger partial charge < -0.3 is 4.55 Å². The van der Waals surface area contributed by atoms with Gasteiger partial charge in [0.15, 0.2) is 9.98 Å². The molecule has 0 aliphatic carbocycles. The van der Waals surface area contributed by atoms with E-state index in [1.807, 2.05) is 54.6 Å². The Bertz CT molecular complexity index is 459. The largest absolute Gasteiger partial charge is 0.611 e. The van der Waals surface area contributed by atoms with Crippen molar-refractivity contribution in [2.24, 2.45) is 0 Å². The first-order valence-corrected chi connectivity index (χ1v) is 7.76. The third-order valence-corrected chi connectivity index (χ3v) is 5.14.